The van der Waals surface area contributed by atoms with E-state index in [2.05, 4.69) is 31.6 Å². The predicted octanol–water partition coefficient (Wildman–Crippen LogP) is 3.17. The molecule has 0 bridgehead atoms. The van der Waals surface area contributed by atoms with Crippen molar-refractivity contribution in [1.29, 1.82) is 0 Å². The molecule has 9 heteroatoms. The summed E-state index contributed by atoms with van der Waals surface area (Å²) in [5.41, 5.74) is 0.525. The fourth-order valence-electron chi connectivity index (χ4n) is 2.14. The molecule has 1 saturated heterocycles. The second-order valence-electron chi connectivity index (χ2n) is 5.06. The van der Waals surface area contributed by atoms with E-state index in [1.807, 2.05) is 0 Å². The number of benzene rings is 1. The van der Waals surface area contributed by atoms with E-state index in [0.29, 0.717) is 10.4 Å². The van der Waals surface area contributed by atoms with Gasteiger partial charge in [-0.1, -0.05) is 6.07 Å². The Balaban J connectivity index is 1.76. The first-order valence-electron chi connectivity index (χ1n) is 7.10. The third-order valence-corrected chi connectivity index (χ3v) is 3.72. The second-order valence-corrected chi connectivity index (χ2v) is 5.84. The van der Waals surface area contributed by atoms with E-state index in [1.165, 1.54) is 29.2 Å². The number of hydrogen-bond donors (Lipinski definition) is 2. The van der Waals surface area contributed by atoms with Crippen molar-refractivity contribution in [1.82, 2.24) is 10.2 Å². The number of carbonyl (C=O) groups excluding carboxylic acids is 2. The Morgan fingerprint density at radius 2 is 2.20 bits per heavy atom. The summed E-state index contributed by atoms with van der Waals surface area (Å²) in [6.07, 6.45) is 1.52. The Bertz CT molecular complexity index is 906. The smallest absolute Gasteiger partial charge is 0.348 e. The maximum absolute atomic E-state index is 13.1. The normalized spacial score (nSPS) is 17.2. The number of aliphatic imine (C=N–C) groups is 1. The van der Waals surface area contributed by atoms with Crippen molar-refractivity contribution in [2.24, 2.45) is 4.99 Å². The molecule has 2 N–H and O–H groups in total. The van der Waals surface area contributed by atoms with Gasteiger partial charge in [0.2, 0.25) is 5.96 Å². The molecule has 0 saturated carbocycles. The van der Waals surface area contributed by atoms with Gasteiger partial charge in [-0.2, -0.15) is 4.99 Å². The molecule has 1 aromatic heterocycles. The van der Waals surface area contributed by atoms with Gasteiger partial charge in [-0.25, -0.2) is 9.18 Å². The summed E-state index contributed by atoms with van der Waals surface area (Å²) in [4.78, 5) is 29.2. The Morgan fingerprint density at radius 1 is 1.40 bits per heavy atom. The van der Waals surface area contributed by atoms with Gasteiger partial charge in [-0.3, -0.25) is 10.1 Å². The third kappa shape index (κ3) is 3.94. The van der Waals surface area contributed by atoms with Crippen LogP contribution in [0.4, 0.5) is 14.9 Å². The number of nitrogens with one attached hydrogen (secondary N) is 2. The van der Waals surface area contributed by atoms with Crippen LogP contribution in [-0.2, 0) is 4.79 Å². The van der Waals surface area contributed by atoms with Crippen molar-refractivity contribution in [2.75, 3.05) is 12.4 Å². The second kappa shape index (κ2) is 6.89. The lowest BCUT2D eigenvalue weighted by Crippen LogP contribution is -2.29. The van der Waals surface area contributed by atoms with Crippen molar-refractivity contribution in [3.05, 3.63) is 58.3 Å². The summed E-state index contributed by atoms with van der Waals surface area (Å²) in [5, 5.41) is 4.91. The van der Waals surface area contributed by atoms with Crippen LogP contribution in [0.1, 0.15) is 5.76 Å². The maximum atomic E-state index is 13.1. The van der Waals surface area contributed by atoms with E-state index in [1.54, 1.807) is 19.2 Å². The van der Waals surface area contributed by atoms with Gasteiger partial charge in [0.15, 0.2) is 4.67 Å². The molecule has 7 nitrogen and oxygen atoms in total. The Labute approximate surface area is 150 Å². The van der Waals surface area contributed by atoms with Crippen molar-refractivity contribution in [3.8, 4) is 0 Å². The van der Waals surface area contributed by atoms with E-state index >= 15 is 0 Å². The van der Waals surface area contributed by atoms with Gasteiger partial charge in [0.25, 0.3) is 5.91 Å². The molecule has 0 aliphatic carbocycles. The molecule has 1 aliphatic heterocycles. The predicted molar refractivity (Wildman–Crippen MR) is 93.1 cm³/mol. The molecule has 1 aromatic carbocycles. The summed E-state index contributed by atoms with van der Waals surface area (Å²) < 4.78 is 19.0. The average molecular weight is 407 g/mol. The largest absolute Gasteiger partial charge is 0.450 e. The van der Waals surface area contributed by atoms with Crippen LogP contribution in [0, 0.1) is 5.82 Å². The highest BCUT2D eigenvalue weighted by atomic mass is 79.9. The minimum atomic E-state index is -0.741. The molecule has 1 fully saturated rings. The molecule has 1 aliphatic rings. The first-order valence-corrected chi connectivity index (χ1v) is 7.89. The molecule has 0 spiro atoms. The van der Waals surface area contributed by atoms with Gasteiger partial charge < -0.3 is 14.6 Å². The van der Waals surface area contributed by atoms with E-state index in [4.69, 9.17) is 4.42 Å². The first kappa shape index (κ1) is 16.9. The fraction of sp³-hybridized carbons (Fsp3) is 0.0625. The molecular weight excluding hydrogens is 395 g/mol. The topological polar surface area (TPSA) is 86.9 Å². The summed E-state index contributed by atoms with van der Waals surface area (Å²) in [6.45, 7) is 0. The number of guanidine groups is 1. The van der Waals surface area contributed by atoms with Crippen molar-refractivity contribution in [2.45, 2.75) is 0 Å². The molecule has 0 radical (unpaired) electrons. The molecule has 3 amide bonds. The zero-order valence-electron chi connectivity index (χ0n) is 12.9. The van der Waals surface area contributed by atoms with Crippen LogP contribution in [0.3, 0.4) is 0 Å². The number of urea groups is 1. The molecule has 0 atom stereocenters. The Kier molecular flexibility index (Phi) is 4.66. The lowest BCUT2D eigenvalue weighted by molar-refractivity contribution is -0.115. The summed E-state index contributed by atoms with van der Waals surface area (Å²) in [6, 6.07) is 8.05. The molecular formula is C16H12BrFN4O3. The number of rotatable bonds is 2. The number of nitrogens with zero attached hydrogens (tertiary/aromatic N) is 2. The SMILES string of the molecule is CN1/C(=C/c2ccc(Br)o2)C(=O)N/C1=N\C(=O)Nc1cccc(F)c1. The van der Waals surface area contributed by atoms with E-state index in [9.17, 15) is 14.0 Å². The summed E-state index contributed by atoms with van der Waals surface area (Å²) in [5.74, 6) is -0.385. The van der Waals surface area contributed by atoms with Crippen LogP contribution in [-0.4, -0.2) is 29.8 Å². The molecule has 3 rings (SSSR count). The van der Waals surface area contributed by atoms with Crippen LogP contribution in [0.25, 0.3) is 6.08 Å². The molecule has 2 aromatic rings. The Hall–Kier alpha value is -2.94. The standard InChI is InChI=1S/C16H12BrFN4O3/c1-22-12(8-11-5-6-13(17)25-11)14(23)20-15(22)21-16(24)19-10-4-2-3-9(18)7-10/h2-8H,1H3,(H2,19,20,21,23,24)/b12-8+. The quantitative estimate of drug-likeness (QED) is 0.749. The van der Waals surface area contributed by atoms with Crippen LogP contribution in [0.15, 0.2) is 56.2 Å². The number of carbonyl (C=O) groups is 2. The summed E-state index contributed by atoms with van der Waals surface area (Å²) in [7, 11) is 1.58. The summed E-state index contributed by atoms with van der Waals surface area (Å²) >= 11 is 3.18. The van der Waals surface area contributed by atoms with Gasteiger partial charge in [-0.05, 0) is 46.3 Å². The van der Waals surface area contributed by atoms with Crippen molar-refractivity contribution in [3.63, 3.8) is 0 Å². The number of amides is 3. The molecule has 25 heavy (non-hydrogen) atoms. The van der Waals surface area contributed by atoms with Crippen LogP contribution in [0.5, 0.6) is 0 Å². The highest BCUT2D eigenvalue weighted by Crippen LogP contribution is 2.20. The van der Waals surface area contributed by atoms with Crippen molar-refractivity contribution < 1.29 is 18.4 Å². The van der Waals surface area contributed by atoms with Gasteiger partial charge in [-0.15, -0.1) is 0 Å². The zero-order chi connectivity index (χ0) is 18.0. The Morgan fingerprint density at radius 3 is 2.88 bits per heavy atom. The molecule has 128 valence electrons. The number of hydrogen-bond acceptors (Lipinski definition) is 3. The highest BCUT2D eigenvalue weighted by Gasteiger charge is 2.29. The van der Waals surface area contributed by atoms with Gasteiger partial charge >= 0.3 is 6.03 Å². The first-order chi connectivity index (χ1) is 11.9. The van der Waals surface area contributed by atoms with Crippen LogP contribution in [0.2, 0.25) is 0 Å². The number of furan rings is 1. The fourth-order valence-corrected chi connectivity index (χ4v) is 2.45. The minimum absolute atomic E-state index is 0.0516. The van der Waals surface area contributed by atoms with E-state index in [-0.39, 0.29) is 17.3 Å². The van der Waals surface area contributed by atoms with Crippen molar-refractivity contribution >= 4 is 45.6 Å². The minimum Gasteiger partial charge on any atom is -0.450 e. The van der Waals surface area contributed by atoms with Crippen LogP contribution >= 0.6 is 15.9 Å². The van der Waals surface area contributed by atoms with E-state index in [0.717, 1.165) is 6.07 Å². The maximum Gasteiger partial charge on any atom is 0.348 e. The molecule has 2 heterocycles. The zero-order valence-corrected chi connectivity index (χ0v) is 14.5. The molecule has 0 unspecified atom stereocenters. The number of anilines is 1. The van der Waals surface area contributed by atoms with Crippen LogP contribution < -0.4 is 10.6 Å². The van der Waals surface area contributed by atoms with Gasteiger partial charge in [0.1, 0.15) is 17.3 Å². The van der Waals surface area contributed by atoms with Gasteiger partial charge in [0.05, 0.1) is 0 Å². The number of halogens is 2. The van der Waals surface area contributed by atoms with E-state index < -0.39 is 17.8 Å². The number of likely N-dealkylation sites (N-methyl/N-ethyl adjacent to an activating group) is 1. The van der Waals surface area contributed by atoms with Gasteiger partial charge in [0, 0.05) is 18.8 Å². The average Bonchev–Trinajstić information content (AvgIpc) is 3.06. The lowest BCUT2D eigenvalue weighted by atomic mass is 10.3. The monoisotopic (exact) mass is 406 g/mol. The third-order valence-electron chi connectivity index (χ3n) is 3.29. The lowest BCUT2D eigenvalue weighted by Gasteiger charge is -2.10. The highest BCUT2D eigenvalue weighted by molar-refractivity contribution is 9.10.